The average molecular weight is 347 g/mol. The lowest BCUT2D eigenvalue weighted by Gasteiger charge is -2.21. The third-order valence-electron chi connectivity index (χ3n) is 3.45. The van der Waals surface area contributed by atoms with E-state index in [4.69, 9.17) is 11.6 Å². The molecule has 0 aromatic heterocycles. The van der Waals surface area contributed by atoms with Gasteiger partial charge in [0, 0.05) is 15.9 Å². The number of phenolic OH excluding ortho intramolecular Hbond substituents is 1. The van der Waals surface area contributed by atoms with Crippen molar-refractivity contribution in [3.05, 3.63) is 28.8 Å². The Morgan fingerprint density at radius 1 is 1.32 bits per heavy atom. The number of aromatic hydroxyl groups is 1. The van der Waals surface area contributed by atoms with Crippen LogP contribution in [0.1, 0.15) is 42.5 Å². The quantitative estimate of drug-likeness (QED) is 0.631. The molecule has 1 aliphatic rings. The maximum atomic E-state index is 12.2. The largest absolute Gasteiger partial charge is 0.507 e. The number of halogens is 2. The molecule has 1 aromatic carbocycles. The fraction of sp³-hybridized carbons (Fsp3) is 0.500. The number of rotatable bonds is 2. The molecule has 19 heavy (non-hydrogen) atoms. The normalized spacial score (nSPS) is 23.7. The fourth-order valence-corrected chi connectivity index (χ4v) is 3.25. The zero-order valence-electron chi connectivity index (χ0n) is 10.5. The summed E-state index contributed by atoms with van der Waals surface area (Å²) in [4.78, 5) is 12.5. The van der Waals surface area contributed by atoms with Crippen LogP contribution in [0, 0.1) is 0 Å². The van der Waals surface area contributed by atoms with Crippen LogP contribution in [0.5, 0.6) is 5.75 Å². The first-order chi connectivity index (χ1) is 9.08. The molecule has 0 spiro atoms. The number of hydrogen-bond donors (Lipinski definition) is 2. The van der Waals surface area contributed by atoms with Gasteiger partial charge in [-0.1, -0.05) is 46.8 Å². The summed E-state index contributed by atoms with van der Waals surface area (Å²) in [5.41, 5.74) is 0.272. The topological polar surface area (TPSA) is 49.3 Å². The Labute approximate surface area is 126 Å². The summed E-state index contributed by atoms with van der Waals surface area (Å²) in [6.07, 6.45) is 5.56. The van der Waals surface area contributed by atoms with Crippen molar-refractivity contribution in [1.29, 1.82) is 0 Å². The van der Waals surface area contributed by atoms with Crippen molar-refractivity contribution in [2.24, 2.45) is 0 Å². The van der Waals surface area contributed by atoms with Crippen LogP contribution in [0.25, 0.3) is 0 Å². The van der Waals surface area contributed by atoms with Crippen molar-refractivity contribution in [3.63, 3.8) is 0 Å². The highest BCUT2D eigenvalue weighted by atomic mass is 79.9. The molecular formula is C14H17BrClNO2. The smallest absolute Gasteiger partial charge is 0.255 e. The van der Waals surface area contributed by atoms with Gasteiger partial charge in [-0.3, -0.25) is 4.79 Å². The molecule has 0 bridgehead atoms. The lowest BCUT2D eigenvalue weighted by Crippen LogP contribution is -2.40. The number of amides is 1. The number of phenols is 1. The molecule has 1 fully saturated rings. The van der Waals surface area contributed by atoms with Gasteiger partial charge in [-0.25, -0.2) is 0 Å². The summed E-state index contributed by atoms with van der Waals surface area (Å²) >= 11 is 9.40. The highest BCUT2D eigenvalue weighted by Gasteiger charge is 2.24. The highest BCUT2D eigenvalue weighted by Crippen LogP contribution is 2.26. The third kappa shape index (κ3) is 3.86. The van der Waals surface area contributed by atoms with Gasteiger partial charge in [0.25, 0.3) is 5.91 Å². The molecule has 0 radical (unpaired) electrons. The molecule has 2 atom stereocenters. The van der Waals surface area contributed by atoms with Crippen molar-refractivity contribution in [2.75, 3.05) is 0 Å². The van der Waals surface area contributed by atoms with Gasteiger partial charge in [0.05, 0.1) is 5.56 Å². The van der Waals surface area contributed by atoms with E-state index >= 15 is 0 Å². The standard InChI is InChI=1S/C14H17BrClNO2/c15-11-4-2-1-3-5-12(11)17-14(19)10-7-6-9(16)8-13(10)18/h6-8,11-12,18H,1-5H2,(H,17,19). The van der Waals surface area contributed by atoms with E-state index in [0.717, 1.165) is 19.3 Å². The summed E-state index contributed by atoms with van der Waals surface area (Å²) in [7, 11) is 0. The Morgan fingerprint density at radius 3 is 2.79 bits per heavy atom. The molecule has 1 saturated carbocycles. The molecule has 1 amide bonds. The Kier molecular flexibility index (Phi) is 5.11. The van der Waals surface area contributed by atoms with E-state index in [1.165, 1.54) is 18.9 Å². The highest BCUT2D eigenvalue weighted by molar-refractivity contribution is 9.09. The maximum Gasteiger partial charge on any atom is 0.255 e. The van der Waals surface area contributed by atoms with E-state index in [1.54, 1.807) is 12.1 Å². The van der Waals surface area contributed by atoms with E-state index in [1.807, 2.05) is 0 Å². The minimum Gasteiger partial charge on any atom is -0.507 e. The zero-order valence-corrected chi connectivity index (χ0v) is 12.9. The van der Waals surface area contributed by atoms with Gasteiger partial charge >= 0.3 is 0 Å². The maximum absolute atomic E-state index is 12.2. The number of carbonyl (C=O) groups is 1. The van der Waals surface area contributed by atoms with Gasteiger partial charge < -0.3 is 10.4 Å². The average Bonchev–Trinajstić information content (AvgIpc) is 2.55. The minimum absolute atomic E-state index is 0.0789. The van der Waals surface area contributed by atoms with Crippen molar-refractivity contribution < 1.29 is 9.90 Å². The van der Waals surface area contributed by atoms with E-state index in [9.17, 15) is 9.90 Å². The first-order valence-electron chi connectivity index (χ1n) is 6.51. The Hall–Kier alpha value is -0.740. The monoisotopic (exact) mass is 345 g/mol. The van der Waals surface area contributed by atoms with Gasteiger partial charge in [0.15, 0.2) is 0 Å². The molecule has 0 aliphatic heterocycles. The molecule has 2 unspecified atom stereocenters. The van der Waals surface area contributed by atoms with Crippen LogP contribution in [-0.2, 0) is 0 Å². The first kappa shape index (κ1) is 14.7. The van der Waals surface area contributed by atoms with Crippen LogP contribution in [0.15, 0.2) is 18.2 Å². The number of hydrogen-bond acceptors (Lipinski definition) is 2. The first-order valence-corrected chi connectivity index (χ1v) is 7.81. The molecule has 104 valence electrons. The van der Waals surface area contributed by atoms with E-state index < -0.39 is 0 Å². The molecule has 0 saturated heterocycles. The van der Waals surface area contributed by atoms with Crippen LogP contribution in [0.2, 0.25) is 5.02 Å². The lowest BCUT2D eigenvalue weighted by molar-refractivity contribution is 0.0932. The predicted octanol–water partition coefficient (Wildman–Crippen LogP) is 3.87. The molecular weight excluding hydrogens is 330 g/mol. The van der Waals surface area contributed by atoms with Gasteiger partial charge in [-0.15, -0.1) is 0 Å². The molecule has 1 aromatic rings. The molecule has 1 aliphatic carbocycles. The predicted molar refractivity (Wildman–Crippen MR) is 80.2 cm³/mol. The molecule has 0 heterocycles. The van der Waals surface area contributed by atoms with Crippen molar-refractivity contribution >= 4 is 33.4 Å². The lowest BCUT2D eigenvalue weighted by atomic mass is 10.1. The third-order valence-corrected chi connectivity index (χ3v) is 4.78. The van der Waals surface area contributed by atoms with Gasteiger partial charge in [-0.2, -0.15) is 0 Å². The second kappa shape index (κ2) is 6.62. The second-order valence-corrected chi connectivity index (χ2v) is 6.51. The molecule has 5 heteroatoms. The fourth-order valence-electron chi connectivity index (χ4n) is 2.37. The van der Waals surface area contributed by atoms with Crippen molar-refractivity contribution in [2.45, 2.75) is 43.0 Å². The second-order valence-electron chi connectivity index (χ2n) is 4.90. The van der Waals surface area contributed by atoms with Gasteiger partial charge in [0.1, 0.15) is 5.75 Å². The zero-order chi connectivity index (χ0) is 13.8. The Balaban J connectivity index is 2.07. The van der Waals surface area contributed by atoms with Crippen LogP contribution >= 0.6 is 27.5 Å². The van der Waals surface area contributed by atoms with Gasteiger partial charge in [0.2, 0.25) is 0 Å². The molecule has 3 nitrogen and oxygen atoms in total. The van der Waals surface area contributed by atoms with E-state index in [2.05, 4.69) is 21.2 Å². The molecule has 2 rings (SSSR count). The SMILES string of the molecule is O=C(NC1CCCCCC1Br)c1ccc(Cl)cc1O. The summed E-state index contributed by atoms with van der Waals surface area (Å²) in [5, 5.41) is 13.2. The summed E-state index contributed by atoms with van der Waals surface area (Å²) in [6.45, 7) is 0. The van der Waals surface area contributed by atoms with Gasteiger partial charge in [-0.05, 0) is 31.0 Å². The summed E-state index contributed by atoms with van der Waals surface area (Å²) in [5.74, 6) is -0.324. The number of alkyl halides is 1. The Bertz CT molecular complexity index is 467. The van der Waals surface area contributed by atoms with Crippen LogP contribution < -0.4 is 5.32 Å². The summed E-state index contributed by atoms with van der Waals surface area (Å²) in [6, 6.07) is 4.65. The van der Waals surface area contributed by atoms with E-state index in [0.29, 0.717) is 9.85 Å². The van der Waals surface area contributed by atoms with E-state index in [-0.39, 0.29) is 23.3 Å². The number of benzene rings is 1. The van der Waals surface area contributed by atoms with Crippen LogP contribution in [-0.4, -0.2) is 21.9 Å². The number of carbonyl (C=O) groups excluding carboxylic acids is 1. The number of nitrogens with one attached hydrogen (secondary N) is 1. The summed E-state index contributed by atoms with van der Waals surface area (Å²) < 4.78 is 0. The minimum atomic E-state index is -0.245. The van der Waals surface area contributed by atoms with Crippen LogP contribution in [0.4, 0.5) is 0 Å². The van der Waals surface area contributed by atoms with Crippen molar-refractivity contribution in [1.82, 2.24) is 5.32 Å². The molecule has 2 N–H and O–H groups in total. The van der Waals surface area contributed by atoms with Crippen LogP contribution in [0.3, 0.4) is 0 Å². The van der Waals surface area contributed by atoms with Crippen molar-refractivity contribution in [3.8, 4) is 5.75 Å². The Morgan fingerprint density at radius 2 is 2.05 bits per heavy atom.